The zero-order chi connectivity index (χ0) is 28.3. The van der Waals surface area contributed by atoms with Crippen LogP contribution in [0, 0.1) is 19.8 Å². The highest BCUT2D eigenvalue weighted by molar-refractivity contribution is 7.19. The second-order valence-electron chi connectivity index (χ2n) is 12.1. The topological polar surface area (TPSA) is 61.0 Å². The molecule has 0 atom stereocenters. The van der Waals surface area contributed by atoms with Crippen molar-refractivity contribution in [3.8, 4) is 11.3 Å². The number of aryl methyl sites for hydroxylation is 2. The Labute approximate surface area is 243 Å². The monoisotopic (exact) mass is 556 g/mol. The first-order valence-corrected chi connectivity index (χ1v) is 15.7. The summed E-state index contributed by atoms with van der Waals surface area (Å²) < 4.78 is 0. The van der Waals surface area contributed by atoms with Gasteiger partial charge in [-0.2, -0.15) is 0 Å². The van der Waals surface area contributed by atoms with E-state index in [2.05, 4.69) is 79.1 Å². The number of benzene rings is 1. The molecule has 1 aromatic carbocycles. The highest BCUT2D eigenvalue weighted by Crippen LogP contribution is 2.43. The van der Waals surface area contributed by atoms with Gasteiger partial charge >= 0.3 is 0 Å². The molecule has 4 aromatic rings. The van der Waals surface area contributed by atoms with E-state index in [1.54, 1.807) is 23.7 Å². The number of amides is 1. The number of pyridine rings is 1. The fourth-order valence-corrected chi connectivity index (χ4v) is 7.63. The lowest BCUT2D eigenvalue weighted by atomic mass is 9.78. The highest BCUT2D eigenvalue weighted by Gasteiger charge is 2.43. The van der Waals surface area contributed by atoms with Gasteiger partial charge < -0.3 is 15.2 Å². The van der Waals surface area contributed by atoms with E-state index in [1.807, 2.05) is 18.2 Å². The van der Waals surface area contributed by atoms with Crippen molar-refractivity contribution >= 4 is 27.5 Å². The van der Waals surface area contributed by atoms with E-state index in [1.165, 1.54) is 68.7 Å². The van der Waals surface area contributed by atoms with Crippen molar-refractivity contribution in [1.29, 1.82) is 0 Å². The van der Waals surface area contributed by atoms with E-state index < -0.39 is 5.41 Å². The number of fused-ring (bicyclic) bond motifs is 4. The van der Waals surface area contributed by atoms with Crippen molar-refractivity contribution in [2.75, 3.05) is 19.6 Å². The first-order chi connectivity index (χ1) is 19.3. The Hall–Kier alpha value is -2.96. The summed E-state index contributed by atoms with van der Waals surface area (Å²) in [7, 11) is 0. The minimum atomic E-state index is -0.499. The Bertz CT molecular complexity index is 1380. The number of carbonyl (C=O) groups is 1. The second kappa shape index (κ2) is 12.3. The summed E-state index contributed by atoms with van der Waals surface area (Å²) in [6, 6.07) is 15.3. The summed E-state index contributed by atoms with van der Waals surface area (Å²) in [5.74, 6) is 1.02. The third kappa shape index (κ3) is 6.03. The van der Waals surface area contributed by atoms with Gasteiger partial charge in [0, 0.05) is 35.2 Å². The summed E-state index contributed by atoms with van der Waals surface area (Å²) in [6.45, 7) is 13.6. The van der Waals surface area contributed by atoms with Crippen LogP contribution in [0.2, 0.25) is 0 Å². The molecule has 2 saturated heterocycles. The lowest BCUT2D eigenvalue weighted by Gasteiger charge is -2.47. The van der Waals surface area contributed by atoms with Crippen molar-refractivity contribution < 1.29 is 4.79 Å². The fourth-order valence-electron chi connectivity index (χ4n) is 6.45. The van der Waals surface area contributed by atoms with Gasteiger partial charge in [0.15, 0.2) is 0 Å². The lowest BCUT2D eigenvalue weighted by Crippen LogP contribution is -2.55. The van der Waals surface area contributed by atoms with Crippen LogP contribution in [0.5, 0.6) is 0 Å². The van der Waals surface area contributed by atoms with Crippen LogP contribution in [-0.4, -0.2) is 46.5 Å². The smallest absolute Gasteiger partial charge is 0.233 e. The maximum absolute atomic E-state index is 13.8. The first kappa shape index (κ1) is 28.6. The van der Waals surface area contributed by atoms with Crippen molar-refractivity contribution in [2.24, 2.45) is 5.92 Å². The van der Waals surface area contributed by atoms with Gasteiger partial charge in [-0.3, -0.25) is 9.78 Å². The molecular weight excluding hydrogens is 512 g/mol. The number of hydrogen-bond donors (Lipinski definition) is 2. The van der Waals surface area contributed by atoms with Crippen LogP contribution in [0.4, 0.5) is 0 Å². The van der Waals surface area contributed by atoms with E-state index in [-0.39, 0.29) is 0 Å². The Kier molecular flexibility index (Phi) is 8.77. The molecule has 0 unspecified atom stereocenters. The molecule has 3 aliphatic rings. The lowest BCUT2D eigenvalue weighted by molar-refractivity contribution is -0.143. The molecule has 0 spiro atoms. The number of aromatic nitrogens is 2. The van der Waals surface area contributed by atoms with E-state index in [9.17, 15) is 4.79 Å². The molecule has 2 bridgehead atoms. The number of nitrogens with zero attached hydrogens (tertiary/aromatic N) is 2. The zero-order valence-electron chi connectivity index (χ0n) is 24.7. The number of carbonyl (C=O) groups excluding carboxylic acids is 1. The third-order valence-corrected chi connectivity index (χ3v) is 9.97. The average molecular weight is 557 g/mol. The second-order valence-corrected chi connectivity index (χ2v) is 13.1. The summed E-state index contributed by atoms with van der Waals surface area (Å²) in [6.07, 6.45) is 9.44. The molecule has 1 amide bonds. The van der Waals surface area contributed by atoms with E-state index >= 15 is 0 Å². The number of aromatic amines is 1. The molecule has 40 heavy (non-hydrogen) atoms. The summed E-state index contributed by atoms with van der Waals surface area (Å²) in [5, 5.41) is 4.78. The van der Waals surface area contributed by atoms with E-state index in [0.717, 1.165) is 26.1 Å². The predicted molar refractivity (Wildman–Crippen MR) is 168 cm³/mol. The van der Waals surface area contributed by atoms with Crippen LogP contribution in [0.15, 0.2) is 54.9 Å². The molecule has 0 radical (unpaired) electrons. The van der Waals surface area contributed by atoms with E-state index in [0.29, 0.717) is 17.9 Å². The molecule has 1 aliphatic carbocycles. The van der Waals surface area contributed by atoms with Gasteiger partial charge in [-0.25, -0.2) is 0 Å². The number of thiophene rings is 1. The van der Waals surface area contributed by atoms with E-state index in [4.69, 9.17) is 0 Å². The van der Waals surface area contributed by atoms with Crippen LogP contribution in [0.1, 0.15) is 68.0 Å². The van der Waals surface area contributed by atoms with Crippen LogP contribution >= 0.6 is 11.3 Å². The Morgan fingerprint density at radius 3 is 2.30 bits per heavy atom. The summed E-state index contributed by atoms with van der Waals surface area (Å²) >= 11 is 1.77. The predicted octanol–water partition coefficient (Wildman–Crippen LogP) is 7.43. The van der Waals surface area contributed by atoms with Crippen LogP contribution < -0.4 is 5.32 Å². The van der Waals surface area contributed by atoms with Crippen molar-refractivity contribution in [3.63, 3.8) is 0 Å². The van der Waals surface area contributed by atoms with Crippen LogP contribution in [0.25, 0.3) is 21.5 Å². The molecule has 7 rings (SSSR count). The maximum Gasteiger partial charge on any atom is 0.233 e. The van der Waals surface area contributed by atoms with Gasteiger partial charge in [0.1, 0.15) is 4.83 Å². The zero-order valence-corrected chi connectivity index (χ0v) is 25.5. The minimum Gasteiger partial charge on any atom is -0.346 e. The number of rotatable bonds is 7. The number of hydrogen-bond acceptors (Lipinski definition) is 4. The van der Waals surface area contributed by atoms with Crippen LogP contribution in [0.3, 0.4) is 0 Å². The number of piperidine rings is 2. The van der Waals surface area contributed by atoms with Gasteiger partial charge in [0.2, 0.25) is 5.91 Å². The van der Waals surface area contributed by atoms with Gasteiger partial charge in [-0.1, -0.05) is 30.2 Å². The number of nitrogens with one attached hydrogen (secondary N) is 2. The minimum absolute atomic E-state index is 0.314. The molecule has 3 aromatic heterocycles. The molecule has 5 nitrogen and oxygen atoms in total. The normalized spacial score (nSPS) is 18.6. The summed E-state index contributed by atoms with van der Waals surface area (Å²) in [4.78, 5) is 25.9. The van der Waals surface area contributed by atoms with Gasteiger partial charge in [-0.05, 0) is 120 Å². The summed E-state index contributed by atoms with van der Waals surface area (Å²) in [5.41, 5.74) is 5.93. The molecule has 2 aliphatic heterocycles. The molecular formula is C34H44N4OS. The molecule has 6 heteroatoms. The van der Waals surface area contributed by atoms with Gasteiger partial charge in [-0.15, -0.1) is 11.3 Å². The number of likely N-dealkylation sites (N-methyl/N-ethyl adjacent to an activating group) is 1. The fraction of sp³-hybridized carbons (Fsp3) is 0.471. The SMILES string of the molecule is CCNCCc1c(-c2cc(C)cc(C)c2)[nH]c2sc(C(C)(C)C(=O)N3CC4CCC3CC4)cc12.c1ccncc1. The standard InChI is InChI=1S/C29H39N3OS.C5H5N/c1-6-30-12-11-23-24-16-25(29(4,5)28(33)32-17-20-7-9-22(32)10-8-20)34-27(24)31-26(23)21-14-18(2)13-19(3)15-21;1-2-4-6-5-3-1/h13-16,20,22,30-31H,6-12,17H2,1-5H3;1-5H. The van der Waals surface area contributed by atoms with Crippen molar-refractivity contribution in [2.45, 2.75) is 78.2 Å². The van der Waals surface area contributed by atoms with Gasteiger partial charge in [0.05, 0.1) is 11.1 Å². The third-order valence-electron chi connectivity index (χ3n) is 8.60. The Morgan fingerprint density at radius 1 is 1.05 bits per heavy atom. The first-order valence-electron chi connectivity index (χ1n) is 14.9. The number of H-pyrrole nitrogens is 1. The Balaban J connectivity index is 0.000000477. The van der Waals surface area contributed by atoms with Gasteiger partial charge in [0.25, 0.3) is 0 Å². The molecule has 5 heterocycles. The quantitative estimate of drug-likeness (QED) is 0.233. The maximum atomic E-state index is 13.8. The molecule has 2 N–H and O–H groups in total. The van der Waals surface area contributed by atoms with Crippen molar-refractivity contribution in [1.82, 2.24) is 20.2 Å². The average Bonchev–Trinajstić information content (AvgIpc) is 3.54. The largest absolute Gasteiger partial charge is 0.346 e. The molecule has 212 valence electrons. The molecule has 3 fully saturated rings. The van der Waals surface area contributed by atoms with Crippen LogP contribution in [-0.2, 0) is 16.6 Å². The van der Waals surface area contributed by atoms with Crippen molar-refractivity contribution in [3.05, 3.63) is 76.4 Å². The highest BCUT2D eigenvalue weighted by atomic mass is 32.1. The Morgan fingerprint density at radius 2 is 1.75 bits per heavy atom. The molecule has 1 saturated carbocycles.